The summed E-state index contributed by atoms with van der Waals surface area (Å²) in [7, 11) is 3.29. The van der Waals surface area contributed by atoms with Gasteiger partial charge in [0.15, 0.2) is 5.65 Å². The van der Waals surface area contributed by atoms with E-state index in [0.29, 0.717) is 22.5 Å². The largest absolute Gasteiger partial charge is 0.497 e. The number of imide groups is 1. The highest BCUT2D eigenvalue weighted by Crippen LogP contribution is 2.38. The van der Waals surface area contributed by atoms with Crippen LogP contribution in [0.25, 0.3) is 22.3 Å². The van der Waals surface area contributed by atoms with Crippen molar-refractivity contribution in [2.24, 2.45) is 7.05 Å². The Morgan fingerprint density at radius 2 is 1.81 bits per heavy atom. The molecule has 154 valence electrons. The third kappa shape index (κ3) is 2.79. The maximum atomic E-state index is 13.6. The summed E-state index contributed by atoms with van der Waals surface area (Å²) in [4.78, 5) is 31.8. The molecular weight excluding hydrogens is 423 g/mol. The number of hydrogen-bond donors (Lipinski definition) is 0. The lowest BCUT2D eigenvalue weighted by atomic mass is 10.0. The Hall–Kier alpha value is -3.78. The first-order valence-corrected chi connectivity index (χ1v) is 9.62. The fourth-order valence-electron chi connectivity index (χ4n) is 3.74. The van der Waals surface area contributed by atoms with Crippen molar-refractivity contribution in [2.45, 2.75) is 0 Å². The van der Waals surface area contributed by atoms with E-state index in [1.54, 1.807) is 31.0 Å². The van der Waals surface area contributed by atoms with Gasteiger partial charge < -0.3 is 4.74 Å². The summed E-state index contributed by atoms with van der Waals surface area (Å²) < 4.78 is 20.4. The highest BCUT2D eigenvalue weighted by molar-refractivity contribution is 6.38. The number of aryl methyl sites for hydroxylation is 1. The van der Waals surface area contributed by atoms with Gasteiger partial charge in [0.1, 0.15) is 17.3 Å². The van der Waals surface area contributed by atoms with E-state index in [1.165, 1.54) is 18.3 Å². The van der Waals surface area contributed by atoms with Crippen LogP contribution in [0.3, 0.4) is 0 Å². The quantitative estimate of drug-likeness (QED) is 0.449. The van der Waals surface area contributed by atoms with Crippen LogP contribution in [0, 0.1) is 5.82 Å². The number of hydrogen-bond acceptors (Lipinski definition) is 5. The first-order valence-electron chi connectivity index (χ1n) is 9.24. The highest BCUT2D eigenvalue weighted by Gasteiger charge is 2.40. The molecule has 0 aliphatic carbocycles. The molecule has 0 fully saturated rings. The molecule has 2 amide bonds. The lowest BCUT2D eigenvalue weighted by Crippen LogP contribution is -2.29. The number of benzene rings is 2. The van der Waals surface area contributed by atoms with Crippen molar-refractivity contribution >= 4 is 40.1 Å². The van der Waals surface area contributed by atoms with E-state index >= 15 is 0 Å². The number of amides is 2. The van der Waals surface area contributed by atoms with Crippen LogP contribution in [0.2, 0.25) is 5.02 Å². The zero-order valence-corrected chi connectivity index (χ0v) is 17.1. The van der Waals surface area contributed by atoms with Crippen LogP contribution in [0.1, 0.15) is 20.7 Å². The molecule has 5 rings (SSSR count). The molecule has 7 nitrogen and oxygen atoms in total. The first-order chi connectivity index (χ1) is 14.9. The van der Waals surface area contributed by atoms with E-state index in [2.05, 4.69) is 10.1 Å². The summed E-state index contributed by atoms with van der Waals surface area (Å²) >= 11 is 5.87. The molecule has 1 aliphatic rings. The van der Waals surface area contributed by atoms with Gasteiger partial charge in [-0.15, -0.1) is 0 Å². The van der Waals surface area contributed by atoms with Gasteiger partial charge in [0.2, 0.25) is 0 Å². The molecule has 0 spiro atoms. The van der Waals surface area contributed by atoms with E-state index in [-0.39, 0.29) is 21.8 Å². The number of anilines is 1. The Bertz CT molecular complexity index is 1400. The molecular formula is C22H14ClFN4O3. The van der Waals surface area contributed by atoms with Crippen molar-refractivity contribution in [3.63, 3.8) is 0 Å². The number of ether oxygens (including phenoxy) is 1. The topological polar surface area (TPSA) is 77.3 Å². The van der Waals surface area contributed by atoms with E-state index in [9.17, 15) is 14.0 Å². The molecule has 31 heavy (non-hydrogen) atoms. The lowest BCUT2D eigenvalue weighted by Gasteiger charge is -2.14. The van der Waals surface area contributed by atoms with Gasteiger partial charge in [0.25, 0.3) is 11.8 Å². The number of rotatable bonds is 3. The number of carbonyl (C=O) groups is 2. The highest BCUT2D eigenvalue weighted by atomic mass is 35.5. The molecule has 0 saturated heterocycles. The smallest absolute Gasteiger partial charge is 0.267 e. The van der Waals surface area contributed by atoms with Crippen LogP contribution in [0.4, 0.5) is 10.1 Å². The van der Waals surface area contributed by atoms with E-state index < -0.39 is 17.6 Å². The summed E-state index contributed by atoms with van der Waals surface area (Å²) in [5.41, 5.74) is 2.26. The van der Waals surface area contributed by atoms with E-state index in [1.807, 2.05) is 12.1 Å². The molecule has 0 atom stereocenters. The Morgan fingerprint density at radius 3 is 2.48 bits per heavy atom. The van der Waals surface area contributed by atoms with Crippen LogP contribution in [0.5, 0.6) is 5.75 Å². The van der Waals surface area contributed by atoms with Gasteiger partial charge in [-0.3, -0.25) is 9.59 Å². The van der Waals surface area contributed by atoms with Crippen LogP contribution < -0.4 is 9.64 Å². The molecule has 0 unspecified atom stereocenters. The van der Waals surface area contributed by atoms with Gasteiger partial charge in [0.05, 0.1) is 34.3 Å². The average molecular weight is 437 g/mol. The van der Waals surface area contributed by atoms with Gasteiger partial charge in [-0.1, -0.05) is 11.6 Å². The fourth-order valence-corrected chi connectivity index (χ4v) is 3.91. The minimum absolute atomic E-state index is 0.153. The number of aromatic nitrogens is 3. The van der Waals surface area contributed by atoms with Crippen molar-refractivity contribution in [3.05, 3.63) is 70.6 Å². The maximum absolute atomic E-state index is 13.6. The Morgan fingerprint density at radius 1 is 1.06 bits per heavy atom. The second-order valence-electron chi connectivity index (χ2n) is 6.99. The van der Waals surface area contributed by atoms with Crippen LogP contribution >= 0.6 is 11.6 Å². The van der Waals surface area contributed by atoms with E-state index in [4.69, 9.17) is 16.3 Å². The molecule has 0 saturated carbocycles. The molecule has 1 aliphatic heterocycles. The van der Waals surface area contributed by atoms with E-state index in [0.717, 1.165) is 16.5 Å². The van der Waals surface area contributed by atoms with Gasteiger partial charge in [0, 0.05) is 18.8 Å². The summed E-state index contributed by atoms with van der Waals surface area (Å²) in [6, 6.07) is 10.9. The van der Waals surface area contributed by atoms with Crippen molar-refractivity contribution in [1.29, 1.82) is 0 Å². The predicted molar refractivity (Wildman–Crippen MR) is 113 cm³/mol. The Kier molecular flexibility index (Phi) is 4.26. The number of carbonyl (C=O) groups excluding carboxylic acids is 2. The molecule has 0 bridgehead atoms. The SMILES string of the molecule is COc1ccc(-c2nn(C)c3ncc4c(c23)C(=O)N(c2ccc(F)c(Cl)c2)C4=O)cc1. The number of pyridine rings is 1. The van der Waals surface area contributed by atoms with Crippen molar-refractivity contribution in [3.8, 4) is 17.0 Å². The standard InChI is InChI=1S/C22H14ClFN4O3/c1-27-20-18(19(26-27)11-3-6-13(31-2)7-4-11)17-14(10-25-20)21(29)28(22(17)30)12-5-8-16(24)15(23)9-12/h3-10H,1-2H3. The summed E-state index contributed by atoms with van der Waals surface area (Å²) in [5, 5.41) is 4.83. The second kappa shape index (κ2) is 6.88. The minimum Gasteiger partial charge on any atom is -0.497 e. The molecule has 2 aromatic heterocycles. The van der Waals surface area contributed by atoms with Crippen LogP contribution in [-0.2, 0) is 7.05 Å². The molecule has 3 heterocycles. The van der Waals surface area contributed by atoms with Crippen molar-refractivity contribution in [2.75, 3.05) is 12.0 Å². The number of fused-ring (bicyclic) bond motifs is 3. The Labute approximate surface area is 180 Å². The molecule has 2 aromatic carbocycles. The van der Waals surface area contributed by atoms with Gasteiger partial charge in [-0.25, -0.2) is 19.0 Å². The van der Waals surface area contributed by atoms with Gasteiger partial charge in [-0.2, -0.15) is 5.10 Å². The van der Waals surface area contributed by atoms with Crippen LogP contribution in [-0.4, -0.2) is 33.7 Å². The Balaban J connectivity index is 1.72. The van der Waals surface area contributed by atoms with Crippen LogP contribution in [0.15, 0.2) is 48.7 Å². The normalized spacial score (nSPS) is 13.2. The monoisotopic (exact) mass is 436 g/mol. The second-order valence-corrected chi connectivity index (χ2v) is 7.40. The fraction of sp³-hybridized carbons (Fsp3) is 0.0909. The van der Waals surface area contributed by atoms with Gasteiger partial charge >= 0.3 is 0 Å². The van der Waals surface area contributed by atoms with Gasteiger partial charge in [-0.05, 0) is 42.5 Å². The predicted octanol–water partition coefficient (Wildman–Crippen LogP) is 4.24. The zero-order chi connectivity index (χ0) is 21.9. The molecule has 0 radical (unpaired) electrons. The number of nitrogens with zero attached hydrogens (tertiary/aromatic N) is 4. The molecule has 4 aromatic rings. The first kappa shape index (κ1) is 19.2. The number of methoxy groups -OCH3 is 1. The average Bonchev–Trinajstić information content (AvgIpc) is 3.24. The molecule has 0 N–H and O–H groups in total. The summed E-state index contributed by atoms with van der Waals surface area (Å²) in [6.07, 6.45) is 1.36. The summed E-state index contributed by atoms with van der Waals surface area (Å²) in [6.45, 7) is 0. The third-order valence-electron chi connectivity index (χ3n) is 5.23. The maximum Gasteiger partial charge on any atom is 0.267 e. The van der Waals surface area contributed by atoms with Crippen molar-refractivity contribution in [1.82, 2.24) is 14.8 Å². The zero-order valence-electron chi connectivity index (χ0n) is 16.4. The minimum atomic E-state index is -0.639. The third-order valence-corrected chi connectivity index (χ3v) is 5.52. The summed E-state index contributed by atoms with van der Waals surface area (Å²) in [5.74, 6) is -1.06. The number of halogens is 2. The molecule has 9 heteroatoms. The lowest BCUT2D eigenvalue weighted by molar-refractivity contribution is 0.0926. The van der Waals surface area contributed by atoms with Crippen molar-refractivity contribution < 1.29 is 18.7 Å².